The Morgan fingerprint density at radius 1 is 1.38 bits per heavy atom. The summed E-state index contributed by atoms with van der Waals surface area (Å²) in [6.07, 6.45) is 3.24. The molecule has 1 aliphatic heterocycles. The van der Waals surface area contributed by atoms with Crippen LogP contribution in [0.5, 0.6) is 0 Å². The van der Waals surface area contributed by atoms with E-state index in [-0.39, 0.29) is 0 Å². The highest BCUT2D eigenvalue weighted by molar-refractivity contribution is 7.10. The highest BCUT2D eigenvalue weighted by Crippen LogP contribution is 2.07. The maximum Gasteiger partial charge on any atom is 0.0772 e. The Morgan fingerprint density at radius 2 is 2.38 bits per heavy atom. The first-order valence-corrected chi connectivity index (χ1v) is 5.28. The van der Waals surface area contributed by atoms with Crippen molar-refractivity contribution in [2.24, 2.45) is 0 Å². The first kappa shape index (κ1) is 8.55. The molecule has 0 amide bonds. The molecule has 0 saturated heterocycles. The van der Waals surface area contributed by atoms with Crippen molar-refractivity contribution in [3.05, 3.63) is 34.0 Å². The zero-order valence-electron chi connectivity index (χ0n) is 7.34. The summed E-state index contributed by atoms with van der Waals surface area (Å²) in [6.45, 7) is 2.03. The molecule has 66 valence electrons. The lowest BCUT2D eigenvalue weighted by Gasteiger charge is -2.07. The normalized spacial score (nSPS) is 15.8. The average molecular weight is 189 g/mol. The minimum absolute atomic E-state index is 0.967. The van der Waals surface area contributed by atoms with Gasteiger partial charge in [-0.3, -0.25) is 0 Å². The second-order valence-electron chi connectivity index (χ2n) is 2.91. The van der Waals surface area contributed by atoms with Crippen LogP contribution in [0.1, 0.15) is 11.3 Å². The Balaban J connectivity index is 2.07. The molecule has 1 nitrogen and oxygen atoms in total. The van der Waals surface area contributed by atoms with E-state index in [1.54, 1.807) is 11.3 Å². The molecule has 0 aromatic carbocycles. The zero-order chi connectivity index (χ0) is 8.93. The van der Waals surface area contributed by atoms with Crippen LogP contribution in [-0.4, -0.2) is 13.1 Å². The van der Waals surface area contributed by atoms with Crippen molar-refractivity contribution in [2.75, 3.05) is 13.1 Å². The van der Waals surface area contributed by atoms with E-state index >= 15 is 0 Å². The van der Waals surface area contributed by atoms with Gasteiger partial charge in [-0.2, -0.15) is 0 Å². The molecule has 2 heterocycles. The fourth-order valence-electron chi connectivity index (χ4n) is 1.23. The van der Waals surface area contributed by atoms with Gasteiger partial charge in [0.1, 0.15) is 0 Å². The van der Waals surface area contributed by atoms with Crippen LogP contribution in [-0.2, 0) is 0 Å². The molecule has 2 heteroatoms. The third-order valence-electron chi connectivity index (χ3n) is 1.93. The van der Waals surface area contributed by atoms with Gasteiger partial charge in [-0.15, -0.1) is 11.3 Å². The quantitative estimate of drug-likeness (QED) is 0.616. The van der Waals surface area contributed by atoms with E-state index in [0.717, 1.165) is 24.4 Å². The molecular weight excluding hydrogens is 178 g/mol. The van der Waals surface area contributed by atoms with Gasteiger partial charge in [-0.05, 0) is 17.9 Å². The van der Waals surface area contributed by atoms with Crippen LogP contribution in [0.2, 0.25) is 0 Å². The maximum atomic E-state index is 3.27. The Hall–Kier alpha value is -1.04. The van der Waals surface area contributed by atoms with E-state index in [9.17, 15) is 0 Å². The van der Waals surface area contributed by atoms with Crippen molar-refractivity contribution in [1.82, 2.24) is 5.32 Å². The van der Waals surface area contributed by atoms with Crippen LogP contribution in [0.3, 0.4) is 0 Å². The Labute approximate surface area is 82.5 Å². The van der Waals surface area contributed by atoms with Gasteiger partial charge in [0.05, 0.1) is 4.88 Å². The van der Waals surface area contributed by atoms with E-state index in [4.69, 9.17) is 0 Å². The molecule has 0 fully saturated rings. The summed E-state index contributed by atoms with van der Waals surface area (Å²) >= 11 is 1.70. The summed E-state index contributed by atoms with van der Waals surface area (Å²) < 4.78 is 0. The number of hydrogen-bond acceptors (Lipinski definition) is 2. The SMILES string of the molecule is C(#Cc1cccs1)C1=CCNCC1. The van der Waals surface area contributed by atoms with Gasteiger partial charge in [0.25, 0.3) is 0 Å². The third kappa shape index (κ3) is 2.45. The van der Waals surface area contributed by atoms with E-state index in [1.165, 1.54) is 5.57 Å². The molecule has 13 heavy (non-hydrogen) atoms. The lowest BCUT2D eigenvalue weighted by molar-refractivity contribution is 0.715. The predicted molar refractivity (Wildman–Crippen MR) is 56.8 cm³/mol. The maximum absolute atomic E-state index is 3.27. The van der Waals surface area contributed by atoms with E-state index in [0.29, 0.717) is 0 Å². The van der Waals surface area contributed by atoms with Crippen molar-refractivity contribution in [2.45, 2.75) is 6.42 Å². The standard InChI is InChI=1S/C11H11NS/c1-2-11(13-9-1)4-3-10-5-7-12-8-6-10/h1-2,5,9,12H,6-8H2. The van der Waals surface area contributed by atoms with Gasteiger partial charge < -0.3 is 5.32 Å². The van der Waals surface area contributed by atoms with Gasteiger partial charge in [-0.25, -0.2) is 0 Å². The monoisotopic (exact) mass is 189 g/mol. The molecule has 0 spiro atoms. The molecule has 1 aromatic heterocycles. The topological polar surface area (TPSA) is 12.0 Å². The van der Waals surface area contributed by atoms with Crippen LogP contribution in [0.4, 0.5) is 0 Å². The summed E-state index contributed by atoms with van der Waals surface area (Å²) in [5.74, 6) is 6.37. The van der Waals surface area contributed by atoms with Crippen molar-refractivity contribution in [3.8, 4) is 11.8 Å². The molecule has 1 N–H and O–H groups in total. The Bertz CT molecular complexity index is 351. The van der Waals surface area contributed by atoms with Crippen LogP contribution >= 0.6 is 11.3 Å². The van der Waals surface area contributed by atoms with Crippen LogP contribution in [0.25, 0.3) is 0 Å². The average Bonchev–Trinajstić information content (AvgIpc) is 2.69. The second kappa shape index (κ2) is 4.27. The fourth-order valence-corrected chi connectivity index (χ4v) is 1.80. The number of thiophene rings is 1. The number of hydrogen-bond donors (Lipinski definition) is 1. The Morgan fingerprint density at radius 3 is 3.08 bits per heavy atom. The highest BCUT2D eigenvalue weighted by atomic mass is 32.1. The summed E-state index contributed by atoms with van der Waals surface area (Å²) in [7, 11) is 0. The minimum atomic E-state index is 0.967. The molecular formula is C11H11NS. The summed E-state index contributed by atoms with van der Waals surface area (Å²) in [5, 5.41) is 5.32. The van der Waals surface area contributed by atoms with Crippen LogP contribution in [0.15, 0.2) is 29.2 Å². The molecule has 0 bridgehead atoms. The van der Waals surface area contributed by atoms with Crippen molar-refractivity contribution >= 4 is 11.3 Å². The van der Waals surface area contributed by atoms with E-state index < -0.39 is 0 Å². The first-order valence-electron chi connectivity index (χ1n) is 4.40. The number of rotatable bonds is 0. The molecule has 0 saturated carbocycles. The molecule has 1 aromatic rings. The molecule has 1 aliphatic rings. The van der Waals surface area contributed by atoms with Gasteiger partial charge in [0.2, 0.25) is 0 Å². The van der Waals surface area contributed by atoms with Gasteiger partial charge >= 0.3 is 0 Å². The van der Waals surface area contributed by atoms with Crippen molar-refractivity contribution < 1.29 is 0 Å². The van der Waals surface area contributed by atoms with Crippen LogP contribution < -0.4 is 5.32 Å². The lowest BCUT2D eigenvalue weighted by atomic mass is 10.1. The molecule has 0 unspecified atom stereocenters. The predicted octanol–water partition coefficient (Wildman–Crippen LogP) is 2.02. The Kier molecular flexibility index (Phi) is 2.81. The second-order valence-corrected chi connectivity index (χ2v) is 3.86. The minimum Gasteiger partial charge on any atom is -0.313 e. The summed E-state index contributed by atoms with van der Waals surface area (Å²) in [5.41, 5.74) is 1.27. The van der Waals surface area contributed by atoms with Crippen molar-refractivity contribution in [3.63, 3.8) is 0 Å². The number of nitrogens with one attached hydrogen (secondary N) is 1. The first-order chi connectivity index (χ1) is 6.45. The van der Waals surface area contributed by atoms with Gasteiger partial charge in [0, 0.05) is 18.7 Å². The summed E-state index contributed by atoms with van der Waals surface area (Å²) in [4.78, 5) is 1.15. The smallest absolute Gasteiger partial charge is 0.0772 e. The van der Waals surface area contributed by atoms with Gasteiger partial charge in [0.15, 0.2) is 0 Å². The van der Waals surface area contributed by atoms with E-state index in [2.05, 4.69) is 34.7 Å². The molecule has 0 atom stereocenters. The molecule has 0 aliphatic carbocycles. The molecule has 0 radical (unpaired) electrons. The summed E-state index contributed by atoms with van der Waals surface area (Å²) in [6, 6.07) is 4.09. The van der Waals surface area contributed by atoms with E-state index in [1.807, 2.05) is 6.07 Å². The largest absolute Gasteiger partial charge is 0.313 e. The fraction of sp³-hybridized carbons (Fsp3) is 0.273. The molecule has 2 rings (SSSR count). The van der Waals surface area contributed by atoms with Crippen molar-refractivity contribution in [1.29, 1.82) is 0 Å². The highest BCUT2D eigenvalue weighted by Gasteiger charge is 1.98. The third-order valence-corrected chi connectivity index (χ3v) is 2.72. The lowest BCUT2D eigenvalue weighted by Crippen LogP contribution is -2.19. The van der Waals surface area contributed by atoms with Gasteiger partial charge in [-0.1, -0.05) is 24.0 Å². The zero-order valence-corrected chi connectivity index (χ0v) is 8.16. The van der Waals surface area contributed by atoms with Crippen LogP contribution in [0, 0.1) is 11.8 Å².